The molecule has 158 valence electrons. The molecule has 2 aromatic carbocycles. The first-order chi connectivity index (χ1) is 14.9. The van der Waals surface area contributed by atoms with E-state index in [1.807, 2.05) is 0 Å². The Balaban J connectivity index is 1.70. The molecule has 0 amide bonds. The normalized spacial score (nSPS) is 13.5. The minimum Gasteiger partial charge on any atom is -0.488 e. The molecule has 0 bridgehead atoms. The number of allylic oxidation sites excluding steroid dienone is 2. The number of ether oxygens (including phenoxy) is 1. The number of halogens is 3. The van der Waals surface area contributed by atoms with Gasteiger partial charge in [0.1, 0.15) is 12.4 Å². The summed E-state index contributed by atoms with van der Waals surface area (Å²) in [5.74, 6) is -2.46. The highest BCUT2D eigenvalue weighted by Crippen LogP contribution is 2.43. The number of carboxylic acids is 1. The van der Waals surface area contributed by atoms with E-state index in [2.05, 4.69) is 9.97 Å². The molecule has 31 heavy (non-hydrogen) atoms. The second kappa shape index (κ2) is 8.81. The van der Waals surface area contributed by atoms with E-state index in [-0.39, 0.29) is 12.3 Å². The predicted octanol–water partition coefficient (Wildman–Crippen LogP) is 5.78. The summed E-state index contributed by atoms with van der Waals surface area (Å²) in [6.45, 7) is 0.0444. The van der Waals surface area contributed by atoms with E-state index in [0.717, 1.165) is 41.7 Å². The molecule has 1 heterocycles. The van der Waals surface area contributed by atoms with Gasteiger partial charge in [-0.05, 0) is 66.3 Å². The summed E-state index contributed by atoms with van der Waals surface area (Å²) in [7, 11) is 0. The molecule has 0 spiro atoms. The van der Waals surface area contributed by atoms with Crippen LogP contribution in [0.15, 0.2) is 48.8 Å². The van der Waals surface area contributed by atoms with Gasteiger partial charge < -0.3 is 9.84 Å². The highest BCUT2D eigenvalue weighted by molar-refractivity contribution is 6.30. The van der Waals surface area contributed by atoms with Crippen molar-refractivity contribution in [2.75, 3.05) is 0 Å². The Morgan fingerprint density at radius 2 is 1.87 bits per heavy atom. The van der Waals surface area contributed by atoms with Crippen molar-refractivity contribution < 1.29 is 23.4 Å². The van der Waals surface area contributed by atoms with Crippen molar-refractivity contribution in [3.05, 3.63) is 88.0 Å². The quantitative estimate of drug-likeness (QED) is 0.524. The molecule has 5 nitrogen and oxygen atoms in total. The van der Waals surface area contributed by atoms with Gasteiger partial charge in [0.2, 0.25) is 0 Å². The fraction of sp³-hybridized carbons (Fsp3) is 0.174. The number of nitrogens with zero attached hydrogens (tertiary/aromatic N) is 2. The molecule has 1 N–H and O–H groups in total. The largest absolute Gasteiger partial charge is 0.488 e. The zero-order valence-corrected chi connectivity index (χ0v) is 17.0. The van der Waals surface area contributed by atoms with Gasteiger partial charge in [0.15, 0.2) is 17.3 Å². The molecule has 4 rings (SSSR count). The maximum absolute atomic E-state index is 13.5. The standard InChI is InChI=1S/C23H17ClF2N2O3/c24-14-5-7-22(31-12-13-4-6-18(25)19(26)8-13)17(9-14)15-2-1-3-16(15)20-10-27-11-21(28-20)23(29)30/h4-11H,1-3,12H2,(H,29,30). The smallest absolute Gasteiger partial charge is 0.356 e. The summed E-state index contributed by atoms with van der Waals surface area (Å²) in [4.78, 5) is 19.5. The number of hydrogen-bond acceptors (Lipinski definition) is 4. The minimum atomic E-state index is -1.15. The first kappa shape index (κ1) is 20.9. The highest BCUT2D eigenvalue weighted by atomic mass is 35.5. The Bertz CT molecular complexity index is 1200. The molecule has 3 aromatic rings. The van der Waals surface area contributed by atoms with Gasteiger partial charge in [0, 0.05) is 10.6 Å². The molecule has 0 atom stereocenters. The third-order valence-corrected chi connectivity index (χ3v) is 5.26. The van der Waals surface area contributed by atoms with Crippen molar-refractivity contribution in [3.63, 3.8) is 0 Å². The van der Waals surface area contributed by atoms with E-state index in [0.29, 0.717) is 28.5 Å². The van der Waals surface area contributed by atoms with Crippen molar-refractivity contribution in [1.29, 1.82) is 0 Å². The van der Waals surface area contributed by atoms with Crippen molar-refractivity contribution >= 4 is 28.7 Å². The van der Waals surface area contributed by atoms with E-state index >= 15 is 0 Å². The van der Waals surface area contributed by atoms with E-state index in [1.54, 1.807) is 24.4 Å². The Morgan fingerprint density at radius 1 is 1.06 bits per heavy atom. The molecule has 0 radical (unpaired) electrons. The second-order valence-electron chi connectivity index (χ2n) is 7.08. The molecule has 0 saturated carbocycles. The van der Waals surface area contributed by atoms with Crippen molar-refractivity contribution in [3.8, 4) is 5.75 Å². The Labute approximate surface area is 182 Å². The molecule has 1 aliphatic carbocycles. The van der Waals surface area contributed by atoms with Crippen LogP contribution in [0.1, 0.15) is 46.6 Å². The maximum Gasteiger partial charge on any atom is 0.356 e. The van der Waals surface area contributed by atoms with Gasteiger partial charge in [-0.25, -0.2) is 18.6 Å². The van der Waals surface area contributed by atoms with Crippen LogP contribution in [-0.4, -0.2) is 21.0 Å². The second-order valence-corrected chi connectivity index (χ2v) is 7.52. The lowest BCUT2D eigenvalue weighted by Crippen LogP contribution is -2.04. The lowest BCUT2D eigenvalue weighted by molar-refractivity contribution is 0.0690. The van der Waals surface area contributed by atoms with Crippen LogP contribution in [-0.2, 0) is 6.61 Å². The summed E-state index contributed by atoms with van der Waals surface area (Å²) >= 11 is 6.24. The first-order valence-corrected chi connectivity index (χ1v) is 9.94. The van der Waals surface area contributed by atoms with E-state index in [1.165, 1.54) is 12.3 Å². The molecule has 1 aromatic heterocycles. The zero-order valence-electron chi connectivity index (χ0n) is 16.2. The van der Waals surface area contributed by atoms with E-state index in [4.69, 9.17) is 16.3 Å². The van der Waals surface area contributed by atoms with E-state index in [9.17, 15) is 18.7 Å². The fourth-order valence-electron chi connectivity index (χ4n) is 3.59. The van der Waals surface area contributed by atoms with Crippen LogP contribution in [0.25, 0.3) is 11.1 Å². The van der Waals surface area contributed by atoms with Gasteiger partial charge in [-0.15, -0.1) is 0 Å². The van der Waals surface area contributed by atoms with Crippen LogP contribution >= 0.6 is 11.6 Å². The SMILES string of the molecule is O=C(O)c1cncc(C2=C(c3cc(Cl)ccc3OCc3ccc(F)c(F)c3)CCC2)n1. The average Bonchev–Trinajstić information content (AvgIpc) is 3.25. The Hall–Kier alpha value is -3.32. The maximum atomic E-state index is 13.5. The average molecular weight is 443 g/mol. The first-order valence-electron chi connectivity index (χ1n) is 9.57. The molecule has 0 aliphatic heterocycles. The van der Waals surface area contributed by atoms with Crippen molar-refractivity contribution in [2.24, 2.45) is 0 Å². The van der Waals surface area contributed by atoms with Gasteiger partial charge in [-0.2, -0.15) is 0 Å². The third-order valence-electron chi connectivity index (χ3n) is 5.03. The third kappa shape index (κ3) is 4.56. The lowest BCUT2D eigenvalue weighted by Gasteiger charge is -2.15. The molecule has 0 fully saturated rings. The molecule has 0 unspecified atom stereocenters. The highest BCUT2D eigenvalue weighted by Gasteiger charge is 2.23. The number of hydrogen-bond donors (Lipinski definition) is 1. The van der Waals surface area contributed by atoms with Crippen LogP contribution in [0, 0.1) is 11.6 Å². The molecule has 1 aliphatic rings. The molecular weight excluding hydrogens is 426 g/mol. The lowest BCUT2D eigenvalue weighted by atomic mass is 9.99. The van der Waals surface area contributed by atoms with Gasteiger partial charge in [0.25, 0.3) is 0 Å². The molecular formula is C23H17ClF2N2O3. The van der Waals surface area contributed by atoms with E-state index < -0.39 is 17.6 Å². The number of rotatable bonds is 6. The topological polar surface area (TPSA) is 72.3 Å². The van der Waals surface area contributed by atoms with Gasteiger partial charge in [0.05, 0.1) is 18.1 Å². The van der Waals surface area contributed by atoms with Crippen molar-refractivity contribution in [1.82, 2.24) is 9.97 Å². The van der Waals surface area contributed by atoms with Crippen LogP contribution in [0.2, 0.25) is 5.02 Å². The molecule has 8 heteroatoms. The summed E-state index contributed by atoms with van der Waals surface area (Å²) in [5.41, 5.74) is 3.44. The van der Waals surface area contributed by atoms with Crippen LogP contribution in [0.5, 0.6) is 5.75 Å². The number of aromatic nitrogens is 2. The summed E-state index contributed by atoms with van der Waals surface area (Å²) in [6, 6.07) is 8.80. The Morgan fingerprint density at radius 3 is 2.65 bits per heavy atom. The van der Waals surface area contributed by atoms with Crippen LogP contribution in [0.4, 0.5) is 8.78 Å². The summed E-state index contributed by atoms with van der Waals surface area (Å²) in [6.07, 6.45) is 5.05. The summed E-state index contributed by atoms with van der Waals surface area (Å²) in [5, 5.41) is 9.74. The molecule has 0 saturated heterocycles. The number of benzene rings is 2. The zero-order chi connectivity index (χ0) is 22.0. The van der Waals surface area contributed by atoms with Crippen molar-refractivity contribution in [2.45, 2.75) is 25.9 Å². The van der Waals surface area contributed by atoms with Crippen LogP contribution < -0.4 is 4.74 Å². The van der Waals surface area contributed by atoms with Gasteiger partial charge >= 0.3 is 5.97 Å². The number of carbonyl (C=O) groups is 1. The Kier molecular flexibility index (Phi) is 5.95. The number of carboxylic acid groups (broad SMARTS) is 1. The van der Waals surface area contributed by atoms with Gasteiger partial charge in [-0.3, -0.25) is 4.98 Å². The van der Waals surface area contributed by atoms with Gasteiger partial charge in [-0.1, -0.05) is 17.7 Å². The predicted molar refractivity (Wildman–Crippen MR) is 112 cm³/mol. The summed E-state index contributed by atoms with van der Waals surface area (Å²) < 4.78 is 32.6. The number of aromatic carboxylic acids is 1. The van der Waals surface area contributed by atoms with Crippen LogP contribution in [0.3, 0.4) is 0 Å². The minimum absolute atomic E-state index is 0.0444. The monoisotopic (exact) mass is 442 g/mol. The fourth-order valence-corrected chi connectivity index (χ4v) is 3.76.